The van der Waals surface area contributed by atoms with Crippen LogP contribution in [0.1, 0.15) is 43.6 Å². The van der Waals surface area contributed by atoms with Crippen LogP contribution in [0.3, 0.4) is 0 Å². The Labute approximate surface area is 158 Å². The third kappa shape index (κ3) is 6.29. The number of guanidine groups is 1. The number of benzene rings is 1. The molecule has 0 bridgehead atoms. The Morgan fingerprint density at radius 3 is 2.35 bits per heavy atom. The maximum Gasteiger partial charge on any atom is 0.191 e. The van der Waals surface area contributed by atoms with Gasteiger partial charge in [-0.25, -0.2) is 0 Å². The predicted molar refractivity (Wildman–Crippen MR) is 110 cm³/mol. The number of nitrogens with zero attached hydrogens (tertiary/aromatic N) is 2. The fourth-order valence-electron chi connectivity index (χ4n) is 3.94. The van der Waals surface area contributed by atoms with Gasteiger partial charge in [0.05, 0.1) is 6.61 Å². The molecule has 26 heavy (non-hydrogen) atoms. The number of hydrogen-bond acceptors (Lipinski definition) is 3. The first-order valence-electron chi connectivity index (χ1n) is 9.92. The normalized spacial score (nSPS) is 18.6. The van der Waals surface area contributed by atoms with E-state index >= 15 is 0 Å². The lowest BCUT2D eigenvalue weighted by molar-refractivity contribution is 0.171. The first-order valence-corrected chi connectivity index (χ1v) is 9.92. The topological polar surface area (TPSA) is 59.9 Å². The zero-order valence-electron chi connectivity index (χ0n) is 16.6. The summed E-state index contributed by atoms with van der Waals surface area (Å²) in [5, 5.41) is 16.6. The smallest absolute Gasteiger partial charge is 0.191 e. The average Bonchev–Trinajstić information content (AvgIpc) is 2.68. The lowest BCUT2D eigenvalue weighted by Crippen LogP contribution is -2.49. The molecule has 2 unspecified atom stereocenters. The molecule has 1 aliphatic rings. The maximum absolute atomic E-state index is 9.72. The van der Waals surface area contributed by atoms with E-state index in [4.69, 9.17) is 0 Å². The zero-order valence-corrected chi connectivity index (χ0v) is 16.6. The highest BCUT2D eigenvalue weighted by atomic mass is 16.3. The van der Waals surface area contributed by atoms with E-state index in [0.717, 1.165) is 24.0 Å². The van der Waals surface area contributed by atoms with Crippen molar-refractivity contribution < 1.29 is 5.11 Å². The number of likely N-dealkylation sites (N-methyl/N-ethyl adjacent to an activating group) is 1. The second-order valence-electron chi connectivity index (χ2n) is 7.55. The molecule has 1 aromatic carbocycles. The van der Waals surface area contributed by atoms with E-state index < -0.39 is 0 Å². The van der Waals surface area contributed by atoms with Crippen LogP contribution in [-0.2, 0) is 0 Å². The summed E-state index contributed by atoms with van der Waals surface area (Å²) >= 11 is 0. The third-order valence-corrected chi connectivity index (χ3v) is 5.57. The van der Waals surface area contributed by atoms with Crippen molar-refractivity contribution in [2.75, 3.05) is 40.8 Å². The molecule has 0 spiro atoms. The zero-order chi connectivity index (χ0) is 18.8. The summed E-state index contributed by atoms with van der Waals surface area (Å²) in [5.74, 6) is 1.64. The van der Waals surface area contributed by atoms with Gasteiger partial charge in [0.15, 0.2) is 5.96 Å². The summed E-state index contributed by atoms with van der Waals surface area (Å²) in [6.07, 6.45) is 6.76. The van der Waals surface area contributed by atoms with Gasteiger partial charge in [0.25, 0.3) is 0 Å². The molecule has 1 aromatic rings. The molecular weight excluding hydrogens is 324 g/mol. The van der Waals surface area contributed by atoms with E-state index in [0.29, 0.717) is 12.6 Å². The Morgan fingerprint density at radius 1 is 1.12 bits per heavy atom. The predicted octanol–water partition coefficient (Wildman–Crippen LogP) is 2.44. The van der Waals surface area contributed by atoms with Gasteiger partial charge in [0, 0.05) is 32.1 Å². The Bertz CT molecular complexity index is 526. The van der Waals surface area contributed by atoms with E-state index in [-0.39, 0.29) is 12.5 Å². The Morgan fingerprint density at radius 2 is 1.77 bits per heavy atom. The van der Waals surface area contributed by atoms with Gasteiger partial charge in [-0.05, 0) is 38.4 Å². The molecule has 1 fully saturated rings. The van der Waals surface area contributed by atoms with Crippen LogP contribution in [0.4, 0.5) is 0 Å². The van der Waals surface area contributed by atoms with Gasteiger partial charge in [-0.15, -0.1) is 0 Å². The van der Waals surface area contributed by atoms with Crippen LogP contribution in [0.15, 0.2) is 35.3 Å². The minimum atomic E-state index is 0.0674. The van der Waals surface area contributed by atoms with Crippen LogP contribution in [0.5, 0.6) is 0 Å². The Kier molecular flexibility index (Phi) is 8.92. The number of rotatable bonds is 8. The van der Waals surface area contributed by atoms with Crippen molar-refractivity contribution in [3.05, 3.63) is 35.9 Å². The molecule has 3 N–H and O–H groups in total. The first-order chi connectivity index (χ1) is 12.7. The van der Waals surface area contributed by atoms with Crippen molar-refractivity contribution in [1.29, 1.82) is 0 Å². The van der Waals surface area contributed by atoms with Gasteiger partial charge in [-0.3, -0.25) is 4.99 Å². The monoisotopic (exact) mass is 360 g/mol. The van der Waals surface area contributed by atoms with Crippen molar-refractivity contribution in [2.45, 2.75) is 44.1 Å². The quantitative estimate of drug-likeness (QED) is 0.492. The standard InChI is InChI=1S/C21H36N4O/c1-22-21(23-14-19(16-26)17-10-6-4-7-11-17)24-15-20(25(2)3)18-12-8-5-9-13-18/h4,6-7,10-11,18-20,26H,5,8-9,12-16H2,1-3H3,(H2,22,23,24). The highest BCUT2D eigenvalue weighted by Crippen LogP contribution is 2.28. The SMILES string of the molecule is CN=C(NCC(CO)c1ccccc1)NCC(C1CCCCC1)N(C)C. The van der Waals surface area contributed by atoms with Gasteiger partial charge in [0.1, 0.15) is 0 Å². The molecule has 0 aromatic heterocycles. The highest BCUT2D eigenvalue weighted by Gasteiger charge is 2.25. The molecule has 5 nitrogen and oxygen atoms in total. The third-order valence-electron chi connectivity index (χ3n) is 5.57. The van der Waals surface area contributed by atoms with Crippen molar-refractivity contribution in [3.63, 3.8) is 0 Å². The molecule has 5 heteroatoms. The van der Waals surface area contributed by atoms with Gasteiger partial charge in [-0.1, -0.05) is 49.6 Å². The van der Waals surface area contributed by atoms with Crippen LogP contribution >= 0.6 is 0 Å². The second-order valence-corrected chi connectivity index (χ2v) is 7.55. The van der Waals surface area contributed by atoms with Crippen molar-refractivity contribution in [2.24, 2.45) is 10.9 Å². The van der Waals surface area contributed by atoms with Crippen molar-refractivity contribution in [3.8, 4) is 0 Å². The lowest BCUT2D eigenvalue weighted by Gasteiger charge is -2.35. The fourth-order valence-corrected chi connectivity index (χ4v) is 3.94. The van der Waals surface area contributed by atoms with Gasteiger partial charge >= 0.3 is 0 Å². The minimum absolute atomic E-state index is 0.0674. The second kappa shape index (κ2) is 11.2. The molecule has 146 valence electrons. The average molecular weight is 361 g/mol. The van der Waals surface area contributed by atoms with E-state index in [9.17, 15) is 5.11 Å². The minimum Gasteiger partial charge on any atom is -0.396 e. The van der Waals surface area contributed by atoms with Crippen LogP contribution in [0.2, 0.25) is 0 Å². The van der Waals surface area contributed by atoms with E-state index in [1.165, 1.54) is 32.1 Å². The Hall–Kier alpha value is -1.59. The van der Waals surface area contributed by atoms with Crippen LogP contribution < -0.4 is 10.6 Å². The summed E-state index contributed by atoms with van der Waals surface area (Å²) in [5.41, 5.74) is 1.14. The molecule has 1 saturated carbocycles. The van der Waals surface area contributed by atoms with Gasteiger partial charge in [0.2, 0.25) is 0 Å². The van der Waals surface area contributed by atoms with Crippen LogP contribution in [-0.4, -0.2) is 62.8 Å². The molecule has 0 radical (unpaired) electrons. The fraction of sp³-hybridized carbons (Fsp3) is 0.667. The van der Waals surface area contributed by atoms with E-state index in [2.05, 4.69) is 46.8 Å². The van der Waals surface area contributed by atoms with E-state index in [1.54, 1.807) is 7.05 Å². The molecule has 2 rings (SSSR count). The molecule has 0 aliphatic heterocycles. The molecular formula is C21H36N4O. The van der Waals surface area contributed by atoms with E-state index in [1.807, 2.05) is 18.2 Å². The summed E-state index contributed by atoms with van der Waals surface area (Å²) in [7, 11) is 6.15. The summed E-state index contributed by atoms with van der Waals surface area (Å²) in [4.78, 5) is 6.70. The molecule has 0 amide bonds. The highest BCUT2D eigenvalue weighted by molar-refractivity contribution is 5.79. The van der Waals surface area contributed by atoms with Gasteiger partial charge in [-0.2, -0.15) is 0 Å². The van der Waals surface area contributed by atoms with Crippen LogP contribution in [0.25, 0.3) is 0 Å². The number of aliphatic hydroxyl groups is 1. The summed E-state index contributed by atoms with van der Waals surface area (Å²) in [6.45, 7) is 1.68. The molecule has 1 aliphatic carbocycles. The lowest BCUT2D eigenvalue weighted by atomic mass is 9.83. The molecule has 2 atom stereocenters. The number of hydrogen-bond donors (Lipinski definition) is 3. The number of nitrogens with one attached hydrogen (secondary N) is 2. The largest absolute Gasteiger partial charge is 0.396 e. The molecule has 0 saturated heterocycles. The van der Waals surface area contributed by atoms with Crippen LogP contribution in [0, 0.1) is 5.92 Å². The Balaban J connectivity index is 1.85. The maximum atomic E-state index is 9.72. The van der Waals surface area contributed by atoms with Crippen molar-refractivity contribution >= 4 is 5.96 Å². The van der Waals surface area contributed by atoms with Gasteiger partial charge < -0.3 is 20.6 Å². The number of aliphatic hydroxyl groups excluding tert-OH is 1. The number of aliphatic imine (C=N–C) groups is 1. The summed E-state index contributed by atoms with van der Waals surface area (Å²) in [6, 6.07) is 10.7. The molecule has 0 heterocycles. The van der Waals surface area contributed by atoms with Crippen molar-refractivity contribution in [1.82, 2.24) is 15.5 Å². The first kappa shape index (κ1) is 20.7. The summed E-state index contributed by atoms with van der Waals surface area (Å²) < 4.78 is 0.